The number of halogens is 1. The summed E-state index contributed by atoms with van der Waals surface area (Å²) >= 11 is 0. The van der Waals surface area contributed by atoms with Gasteiger partial charge in [0.1, 0.15) is 17.4 Å². The summed E-state index contributed by atoms with van der Waals surface area (Å²) in [5.41, 5.74) is 1.52. The summed E-state index contributed by atoms with van der Waals surface area (Å²) in [5.74, 6) is -0.599. The smallest absolute Gasteiger partial charge is 0.165 e. The van der Waals surface area contributed by atoms with Crippen molar-refractivity contribution in [3.8, 4) is 6.07 Å². The largest absolute Gasteiger partial charge is 0.370 e. The Morgan fingerprint density at radius 3 is 2.96 bits per heavy atom. The summed E-state index contributed by atoms with van der Waals surface area (Å²) in [6.07, 6.45) is 1.71. The fourth-order valence-corrected chi connectivity index (χ4v) is 3.72. The van der Waals surface area contributed by atoms with Gasteiger partial charge in [-0.05, 0) is 48.2 Å². The summed E-state index contributed by atoms with van der Waals surface area (Å²) in [6, 6.07) is 12.2. The maximum absolute atomic E-state index is 13.5. The number of benzene rings is 1. The van der Waals surface area contributed by atoms with E-state index in [0.717, 1.165) is 11.1 Å². The minimum Gasteiger partial charge on any atom is -0.370 e. The summed E-state index contributed by atoms with van der Waals surface area (Å²) in [7, 11) is 0. The lowest BCUT2D eigenvalue weighted by atomic mass is 9.77. The standard InChI is InChI=1S/C18H15FN4O/c19-12-4-5-13-11(9-12)6-7-18(13)14(10-20)17(24)22-16(23-18)15-3-1-2-8-21-15/h1-5,8-9,14,17,24H,6-7H2,(H,22,23). The van der Waals surface area contributed by atoms with E-state index in [1.54, 1.807) is 24.4 Å². The van der Waals surface area contributed by atoms with Crippen LogP contribution in [0.2, 0.25) is 0 Å². The molecule has 3 atom stereocenters. The van der Waals surface area contributed by atoms with Crippen molar-refractivity contribution in [2.45, 2.75) is 24.6 Å². The van der Waals surface area contributed by atoms with Crippen LogP contribution in [0.15, 0.2) is 47.6 Å². The first-order valence-corrected chi connectivity index (χ1v) is 7.78. The zero-order chi connectivity index (χ0) is 16.7. The van der Waals surface area contributed by atoms with E-state index in [1.807, 2.05) is 6.07 Å². The van der Waals surface area contributed by atoms with E-state index < -0.39 is 17.7 Å². The zero-order valence-electron chi connectivity index (χ0n) is 12.8. The molecule has 1 aromatic carbocycles. The van der Waals surface area contributed by atoms with Crippen molar-refractivity contribution in [2.24, 2.45) is 10.9 Å². The molecule has 2 aliphatic rings. The van der Waals surface area contributed by atoms with Gasteiger partial charge in [-0.3, -0.25) is 4.98 Å². The minimum atomic E-state index is -1.16. The number of aliphatic hydroxyl groups excluding tert-OH is 1. The molecule has 3 unspecified atom stereocenters. The van der Waals surface area contributed by atoms with Gasteiger partial charge in [-0.2, -0.15) is 5.26 Å². The van der Waals surface area contributed by atoms with Crippen molar-refractivity contribution >= 4 is 5.84 Å². The Balaban J connectivity index is 1.85. The van der Waals surface area contributed by atoms with Crippen molar-refractivity contribution in [1.29, 1.82) is 5.26 Å². The van der Waals surface area contributed by atoms with Crippen molar-refractivity contribution in [3.05, 3.63) is 65.2 Å². The molecule has 0 bridgehead atoms. The lowest BCUT2D eigenvalue weighted by Gasteiger charge is -2.41. The molecule has 4 rings (SSSR count). The molecular weight excluding hydrogens is 307 g/mol. The van der Waals surface area contributed by atoms with Crippen LogP contribution in [0.4, 0.5) is 4.39 Å². The third kappa shape index (κ3) is 2.09. The normalized spacial score (nSPS) is 28.0. The Morgan fingerprint density at radius 2 is 2.21 bits per heavy atom. The third-order valence-corrected chi connectivity index (χ3v) is 4.82. The quantitative estimate of drug-likeness (QED) is 0.840. The first-order chi connectivity index (χ1) is 11.6. The molecule has 2 aromatic rings. The van der Waals surface area contributed by atoms with E-state index >= 15 is 0 Å². The number of aryl methyl sites for hydroxylation is 1. The average molecular weight is 322 g/mol. The number of hydrogen-bond acceptors (Lipinski definition) is 5. The van der Waals surface area contributed by atoms with Gasteiger partial charge in [0.05, 0.1) is 11.6 Å². The molecule has 6 heteroatoms. The second kappa shape index (κ2) is 5.39. The fourth-order valence-electron chi connectivity index (χ4n) is 3.72. The molecule has 0 saturated carbocycles. The zero-order valence-corrected chi connectivity index (χ0v) is 12.8. The van der Waals surface area contributed by atoms with Gasteiger partial charge in [0.15, 0.2) is 12.1 Å². The Kier molecular flexibility index (Phi) is 3.32. The van der Waals surface area contributed by atoms with E-state index in [2.05, 4.69) is 21.4 Å². The molecule has 1 spiro atoms. The van der Waals surface area contributed by atoms with Crippen LogP contribution in [0.25, 0.3) is 0 Å². The predicted molar refractivity (Wildman–Crippen MR) is 85.4 cm³/mol. The second-order valence-electron chi connectivity index (χ2n) is 6.11. The lowest BCUT2D eigenvalue weighted by Crippen LogP contribution is -2.56. The molecule has 2 heterocycles. The number of nitriles is 1. The fraction of sp³-hybridized carbons (Fsp3) is 0.278. The number of amidine groups is 1. The number of aromatic nitrogens is 1. The molecule has 1 aliphatic carbocycles. The van der Waals surface area contributed by atoms with Gasteiger partial charge in [-0.25, -0.2) is 9.38 Å². The molecular formula is C18H15FN4O. The number of nitrogens with one attached hydrogen (secondary N) is 1. The maximum Gasteiger partial charge on any atom is 0.165 e. The number of aliphatic imine (C=N–C) groups is 1. The van der Waals surface area contributed by atoms with Crippen LogP contribution < -0.4 is 5.32 Å². The minimum absolute atomic E-state index is 0.297. The van der Waals surface area contributed by atoms with Gasteiger partial charge in [0.2, 0.25) is 0 Å². The second-order valence-corrected chi connectivity index (χ2v) is 6.11. The van der Waals surface area contributed by atoms with Gasteiger partial charge in [0, 0.05) is 6.20 Å². The van der Waals surface area contributed by atoms with Crippen LogP contribution in [-0.4, -0.2) is 22.2 Å². The molecule has 120 valence electrons. The number of pyridine rings is 1. The van der Waals surface area contributed by atoms with E-state index in [-0.39, 0.29) is 5.82 Å². The van der Waals surface area contributed by atoms with Gasteiger partial charge < -0.3 is 10.4 Å². The number of rotatable bonds is 1. The summed E-state index contributed by atoms with van der Waals surface area (Å²) in [4.78, 5) is 8.48. The predicted octanol–water partition coefficient (Wildman–Crippen LogP) is 1.87. The molecule has 0 amide bonds. The van der Waals surface area contributed by atoms with Crippen LogP contribution >= 0.6 is 0 Å². The number of hydrogen-bond donors (Lipinski definition) is 2. The van der Waals surface area contributed by atoms with Crippen molar-refractivity contribution in [1.82, 2.24) is 10.3 Å². The van der Waals surface area contributed by atoms with Gasteiger partial charge in [-0.15, -0.1) is 0 Å². The Bertz CT molecular complexity index is 861. The van der Waals surface area contributed by atoms with Crippen LogP contribution in [0.1, 0.15) is 23.2 Å². The number of nitrogens with zero attached hydrogens (tertiary/aromatic N) is 3. The van der Waals surface area contributed by atoms with Crippen molar-refractivity contribution in [3.63, 3.8) is 0 Å². The maximum atomic E-state index is 13.5. The van der Waals surface area contributed by atoms with Crippen molar-refractivity contribution in [2.75, 3.05) is 0 Å². The lowest BCUT2D eigenvalue weighted by molar-refractivity contribution is 0.0756. The molecule has 2 N–H and O–H groups in total. The monoisotopic (exact) mass is 322 g/mol. The molecule has 1 aliphatic heterocycles. The van der Waals surface area contributed by atoms with E-state index in [4.69, 9.17) is 0 Å². The first-order valence-electron chi connectivity index (χ1n) is 7.78. The molecule has 0 fully saturated rings. The van der Waals surface area contributed by atoms with Crippen LogP contribution in [0.5, 0.6) is 0 Å². The number of aliphatic hydroxyl groups is 1. The highest BCUT2D eigenvalue weighted by molar-refractivity contribution is 5.98. The van der Waals surface area contributed by atoms with Crippen molar-refractivity contribution < 1.29 is 9.50 Å². The topological polar surface area (TPSA) is 81.3 Å². The first kappa shape index (κ1) is 14.8. The third-order valence-electron chi connectivity index (χ3n) is 4.82. The highest BCUT2D eigenvalue weighted by Crippen LogP contribution is 2.45. The summed E-state index contributed by atoms with van der Waals surface area (Å²) < 4.78 is 13.5. The summed E-state index contributed by atoms with van der Waals surface area (Å²) in [5, 5.41) is 23.4. The van der Waals surface area contributed by atoms with E-state index in [1.165, 1.54) is 12.1 Å². The molecule has 24 heavy (non-hydrogen) atoms. The molecule has 1 aromatic heterocycles. The summed E-state index contributed by atoms with van der Waals surface area (Å²) in [6.45, 7) is 0. The average Bonchev–Trinajstić information content (AvgIpc) is 2.93. The highest BCUT2D eigenvalue weighted by atomic mass is 19.1. The Labute approximate surface area is 138 Å². The molecule has 5 nitrogen and oxygen atoms in total. The Hall–Kier alpha value is -2.78. The molecule has 0 radical (unpaired) electrons. The van der Waals surface area contributed by atoms with Crippen LogP contribution in [0, 0.1) is 23.1 Å². The Morgan fingerprint density at radius 1 is 1.33 bits per heavy atom. The van der Waals surface area contributed by atoms with Gasteiger partial charge >= 0.3 is 0 Å². The SMILES string of the molecule is N#CC1C(O)N=C(c2ccccn2)NC12CCc1cc(F)ccc12. The molecule has 0 saturated heterocycles. The highest BCUT2D eigenvalue weighted by Gasteiger charge is 2.51. The number of fused-ring (bicyclic) bond motifs is 2. The van der Waals surface area contributed by atoms with E-state index in [9.17, 15) is 14.8 Å². The van der Waals surface area contributed by atoms with Crippen LogP contribution in [-0.2, 0) is 12.0 Å². The van der Waals surface area contributed by atoms with Crippen LogP contribution in [0.3, 0.4) is 0 Å². The van der Waals surface area contributed by atoms with E-state index in [0.29, 0.717) is 24.4 Å². The van der Waals surface area contributed by atoms with Gasteiger partial charge in [0.25, 0.3) is 0 Å². The van der Waals surface area contributed by atoms with Gasteiger partial charge in [-0.1, -0.05) is 12.1 Å².